The predicted molar refractivity (Wildman–Crippen MR) is 36.3 cm³/mol. The van der Waals surface area contributed by atoms with E-state index in [-0.39, 0.29) is 0 Å². The van der Waals surface area contributed by atoms with Gasteiger partial charge in [-0.3, -0.25) is 0 Å². The van der Waals surface area contributed by atoms with Crippen LogP contribution in [0.3, 0.4) is 0 Å². The Morgan fingerprint density at radius 1 is 1.67 bits per heavy atom. The maximum atomic E-state index is 4.82. The zero-order chi connectivity index (χ0) is 6.69. The van der Waals surface area contributed by atoms with Crippen LogP contribution < -0.4 is 0 Å². The van der Waals surface area contributed by atoms with Crippen molar-refractivity contribution in [3.63, 3.8) is 0 Å². The lowest BCUT2D eigenvalue weighted by atomic mass is 10.7. The Bertz CT molecular complexity index is 187. The fourth-order valence-electron chi connectivity index (χ4n) is 0.522. The molecule has 3 nitrogen and oxygen atoms in total. The van der Waals surface area contributed by atoms with Crippen molar-refractivity contribution in [2.75, 3.05) is 6.26 Å². The molecule has 50 valence electrons. The lowest BCUT2D eigenvalue weighted by Gasteiger charge is -1.82. The number of aryl methyl sites for hydroxylation is 1. The Morgan fingerprint density at radius 2 is 2.44 bits per heavy atom. The summed E-state index contributed by atoms with van der Waals surface area (Å²) >= 11 is 1.67. The van der Waals surface area contributed by atoms with Gasteiger partial charge in [0.15, 0.2) is 5.82 Å². The highest BCUT2D eigenvalue weighted by molar-refractivity contribution is 7.97. The van der Waals surface area contributed by atoms with Crippen LogP contribution in [0.4, 0.5) is 0 Å². The molecule has 0 saturated carbocycles. The van der Waals surface area contributed by atoms with E-state index in [0.717, 1.165) is 5.75 Å². The Hall–Kier alpha value is -0.510. The normalized spacial score (nSPS) is 10.0. The summed E-state index contributed by atoms with van der Waals surface area (Å²) in [6, 6.07) is 0. The first-order chi connectivity index (χ1) is 4.33. The van der Waals surface area contributed by atoms with Crippen LogP contribution in [0.5, 0.6) is 0 Å². The molecule has 0 saturated heterocycles. The van der Waals surface area contributed by atoms with Crippen LogP contribution in [0, 0.1) is 6.92 Å². The average molecular weight is 144 g/mol. The highest BCUT2D eigenvalue weighted by Gasteiger charge is 1.98. The second-order valence-corrected chi connectivity index (χ2v) is 2.53. The van der Waals surface area contributed by atoms with Gasteiger partial charge < -0.3 is 4.52 Å². The molecule has 0 aliphatic heterocycles. The molecule has 0 aliphatic carbocycles. The molecule has 9 heavy (non-hydrogen) atoms. The van der Waals surface area contributed by atoms with Crippen LogP contribution in [0.2, 0.25) is 0 Å². The molecular weight excluding hydrogens is 136 g/mol. The SMILES string of the molecule is CSCc1nc(C)no1. The van der Waals surface area contributed by atoms with Crippen LogP contribution in [-0.4, -0.2) is 16.4 Å². The van der Waals surface area contributed by atoms with E-state index in [4.69, 9.17) is 4.52 Å². The molecule has 0 unspecified atom stereocenters. The van der Waals surface area contributed by atoms with Gasteiger partial charge in [-0.25, -0.2) is 0 Å². The smallest absolute Gasteiger partial charge is 0.236 e. The number of hydrogen-bond donors (Lipinski definition) is 0. The maximum absolute atomic E-state index is 4.82. The fraction of sp³-hybridized carbons (Fsp3) is 0.600. The van der Waals surface area contributed by atoms with Crippen molar-refractivity contribution in [2.24, 2.45) is 0 Å². The van der Waals surface area contributed by atoms with Crippen LogP contribution in [0.15, 0.2) is 4.52 Å². The summed E-state index contributed by atoms with van der Waals surface area (Å²) in [4.78, 5) is 4.00. The summed E-state index contributed by atoms with van der Waals surface area (Å²) in [5, 5.41) is 3.64. The van der Waals surface area contributed by atoms with Crippen molar-refractivity contribution >= 4 is 11.8 Å². The number of hydrogen-bond acceptors (Lipinski definition) is 4. The molecule has 0 radical (unpaired) electrons. The molecule has 0 amide bonds. The van der Waals surface area contributed by atoms with Crippen LogP contribution >= 0.6 is 11.8 Å². The quantitative estimate of drug-likeness (QED) is 0.626. The molecule has 0 N–H and O–H groups in total. The highest BCUT2D eigenvalue weighted by atomic mass is 32.2. The summed E-state index contributed by atoms with van der Waals surface area (Å²) in [5.41, 5.74) is 0. The summed E-state index contributed by atoms with van der Waals surface area (Å²) < 4.78 is 4.82. The average Bonchev–Trinajstić information content (AvgIpc) is 2.17. The zero-order valence-electron chi connectivity index (χ0n) is 5.42. The standard InChI is InChI=1S/C5H8N2OS/c1-4-6-5(3-9-2)8-7-4/h3H2,1-2H3. The molecule has 0 aliphatic rings. The van der Waals surface area contributed by atoms with Gasteiger partial charge in [-0.15, -0.1) is 0 Å². The van der Waals surface area contributed by atoms with Gasteiger partial charge in [0.25, 0.3) is 0 Å². The molecule has 1 rings (SSSR count). The fourth-order valence-corrected chi connectivity index (χ4v) is 0.886. The third kappa shape index (κ3) is 1.71. The van der Waals surface area contributed by atoms with Gasteiger partial charge in [0, 0.05) is 0 Å². The molecule has 0 atom stereocenters. The summed E-state index contributed by atoms with van der Waals surface area (Å²) in [7, 11) is 0. The zero-order valence-corrected chi connectivity index (χ0v) is 6.23. The Labute approximate surface area is 57.8 Å². The van der Waals surface area contributed by atoms with Gasteiger partial charge in [0.2, 0.25) is 5.89 Å². The van der Waals surface area contributed by atoms with E-state index in [0.29, 0.717) is 11.7 Å². The molecule has 4 heteroatoms. The van der Waals surface area contributed by atoms with Gasteiger partial charge in [-0.2, -0.15) is 16.7 Å². The number of aromatic nitrogens is 2. The topological polar surface area (TPSA) is 38.9 Å². The first kappa shape index (κ1) is 6.61. The van der Waals surface area contributed by atoms with Gasteiger partial charge in [0.05, 0.1) is 5.75 Å². The number of thioether (sulfide) groups is 1. The first-order valence-electron chi connectivity index (χ1n) is 2.61. The minimum absolute atomic E-state index is 0.707. The van der Waals surface area contributed by atoms with Gasteiger partial charge in [-0.05, 0) is 13.2 Å². The molecule has 1 heterocycles. The summed E-state index contributed by atoms with van der Waals surface area (Å²) in [6.45, 7) is 1.81. The second-order valence-electron chi connectivity index (χ2n) is 1.67. The van der Waals surface area contributed by atoms with Crippen molar-refractivity contribution in [1.29, 1.82) is 0 Å². The van der Waals surface area contributed by atoms with Crippen molar-refractivity contribution in [2.45, 2.75) is 12.7 Å². The van der Waals surface area contributed by atoms with Crippen LogP contribution in [0.1, 0.15) is 11.7 Å². The maximum Gasteiger partial charge on any atom is 0.236 e. The van der Waals surface area contributed by atoms with Crippen molar-refractivity contribution in [3.8, 4) is 0 Å². The van der Waals surface area contributed by atoms with Gasteiger partial charge in [0.1, 0.15) is 0 Å². The van der Waals surface area contributed by atoms with E-state index in [2.05, 4.69) is 10.1 Å². The number of rotatable bonds is 2. The predicted octanol–water partition coefficient (Wildman–Crippen LogP) is 1.24. The molecule has 1 aromatic rings. The van der Waals surface area contributed by atoms with Gasteiger partial charge >= 0.3 is 0 Å². The van der Waals surface area contributed by atoms with Crippen molar-refractivity contribution < 1.29 is 4.52 Å². The molecule has 0 fully saturated rings. The Morgan fingerprint density at radius 3 is 2.89 bits per heavy atom. The van der Waals surface area contributed by atoms with E-state index in [1.165, 1.54) is 0 Å². The van der Waals surface area contributed by atoms with Crippen molar-refractivity contribution in [3.05, 3.63) is 11.7 Å². The second kappa shape index (κ2) is 2.87. The minimum Gasteiger partial charge on any atom is -0.338 e. The molecule has 0 bridgehead atoms. The Kier molecular flexibility index (Phi) is 2.10. The van der Waals surface area contributed by atoms with Crippen LogP contribution in [-0.2, 0) is 5.75 Å². The summed E-state index contributed by atoms with van der Waals surface area (Å²) in [6.07, 6.45) is 2.00. The third-order valence-electron chi connectivity index (χ3n) is 0.837. The molecular formula is C5H8N2OS. The molecule has 0 aromatic carbocycles. The molecule has 0 spiro atoms. The molecule has 1 aromatic heterocycles. The lowest BCUT2D eigenvalue weighted by Crippen LogP contribution is -1.77. The van der Waals surface area contributed by atoms with E-state index in [9.17, 15) is 0 Å². The van der Waals surface area contributed by atoms with Crippen molar-refractivity contribution in [1.82, 2.24) is 10.1 Å². The van der Waals surface area contributed by atoms with E-state index in [1.54, 1.807) is 11.8 Å². The lowest BCUT2D eigenvalue weighted by molar-refractivity contribution is 0.387. The largest absolute Gasteiger partial charge is 0.338 e. The van der Waals surface area contributed by atoms with E-state index < -0.39 is 0 Å². The highest BCUT2D eigenvalue weighted by Crippen LogP contribution is 2.04. The van der Waals surface area contributed by atoms with E-state index in [1.807, 2.05) is 13.2 Å². The van der Waals surface area contributed by atoms with Crippen LogP contribution in [0.25, 0.3) is 0 Å². The monoisotopic (exact) mass is 144 g/mol. The number of nitrogens with zero attached hydrogens (tertiary/aromatic N) is 2. The Balaban J connectivity index is 2.61. The summed E-state index contributed by atoms with van der Waals surface area (Å²) in [5.74, 6) is 2.22. The first-order valence-corrected chi connectivity index (χ1v) is 4.00. The third-order valence-corrected chi connectivity index (χ3v) is 1.37. The van der Waals surface area contributed by atoms with E-state index >= 15 is 0 Å². The van der Waals surface area contributed by atoms with Gasteiger partial charge in [-0.1, -0.05) is 5.16 Å². The minimum atomic E-state index is 0.707.